The van der Waals surface area contributed by atoms with Crippen LogP contribution in [0.1, 0.15) is 39.7 Å². The fraction of sp³-hybridized carbons (Fsp3) is 0.500. The van der Waals surface area contributed by atoms with E-state index >= 15 is 0 Å². The van der Waals surface area contributed by atoms with Crippen molar-refractivity contribution in [3.63, 3.8) is 0 Å². The van der Waals surface area contributed by atoms with Gasteiger partial charge in [0.05, 0.1) is 0 Å². The fourth-order valence-corrected chi connectivity index (χ4v) is 1.96. The summed E-state index contributed by atoms with van der Waals surface area (Å²) in [5.41, 5.74) is 1.65. The number of hydrogen-bond donors (Lipinski definition) is 0. The molecule has 0 aromatic heterocycles. The summed E-state index contributed by atoms with van der Waals surface area (Å²) in [7, 11) is 0. The average molecular weight is 189 g/mol. The number of benzene rings is 1. The van der Waals surface area contributed by atoms with Crippen LogP contribution >= 0.6 is 0 Å². The average Bonchev–Trinajstić information content (AvgIpc) is 2.28. The SMILES string of the molecule is C[CH]C(C)(c1ccccc1)C(C)CC. The van der Waals surface area contributed by atoms with Crippen molar-refractivity contribution >= 4 is 0 Å². The second kappa shape index (κ2) is 4.63. The van der Waals surface area contributed by atoms with E-state index in [1.807, 2.05) is 0 Å². The van der Waals surface area contributed by atoms with Crippen molar-refractivity contribution in [2.24, 2.45) is 5.92 Å². The molecule has 0 saturated heterocycles. The molecule has 0 aliphatic carbocycles. The summed E-state index contributed by atoms with van der Waals surface area (Å²) in [4.78, 5) is 0. The Bertz CT molecular complexity index is 263. The maximum Gasteiger partial charge on any atom is -0.00213 e. The van der Waals surface area contributed by atoms with Crippen molar-refractivity contribution in [2.45, 2.75) is 39.5 Å². The second-order valence-electron chi connectivity index (χ2n) is 4.25. The number of rotatable bonds is 4. The van der Waals surface area contributed by atoms with E-state index in [-0.39, 0.29) is 5.41 Å². The van der Waals surface area contributed by atoms with Gasteiger partial charge in [-0.05, 0) is 23.3 Å². The minimum Gasteiger partial charge on any atom is -0.0651 e. The molecule has 77 valence electrons. The Labute approximate surface area is 88.4 Å². The molecular formula is C14H21. The largest absolute Gasteiger partial charge is 0.0651 e. The molecule has 0 amide bonds. The predicted octanol–water partition coefficient (Wildman–Crippen LogP) is 4.21. The van der Waals surface area contributed by atoms with E-state index in [1.165, 1.54) is 12.0 Å². The van der Waals surface area contributed by atoms with Crippen LogP contribution < -0.4 is 0 Å². The number of hydrogen-bond acceptors (Lipinski definition) is 0. The zero-order valence-corrected chi connectivity index (χ0v) is 9.75. The molecule has 0 bridgehead atoms. The molecule has 0 N–H and O–H groups in total. The van der Waals surface area contributed by atoms with E-state index in [2.05, 4.69) is 64.4 Å². The molecule has 0 saturated carbocycles. The zero-order chi connectivity index (χ0) is 10.6. The van der Waals surface area contributed by atoms with Gasteiger partial charge in [-0.15, -0.1) is 0 Å². The van der Waals surface area contributed by atoms with Crippen LogP contribution in [-0.4, -0.2) is 0 Å². The molecule has 1 aromatic carbocycles. The van der Waals surface area contributed by atoms with Crippen molar-refractivity contribution < 1.29 is 0 Å². The summed E-state index contributed by atoms with van der Waals surface area (Å²) in [6, 6.07) is 10.8. The molecule has 0 heterocycles. The Balaban J connectivity index is 3.01. The highest BCUT2D eigenvalue weighted by Gasteiger charge is 2.29. The van der Waals surface area contributed by atoms with Crippen LogP contribution in [0.3, 0.4) is 0 Å². The molecule has 0 aliphatic heterocycles. The van der Waals surface area contributed by atoms with Crippen molar-refractivity contribution in [3.8, 4) is 0 Å². The summed E-state index contributed by atoms with van der Waals surface area (Å²) in [6.45, 7) is 9.08. The van der Waals surface area contributed by atoms with E-state index in [0.717, 1.165) is 0 Å². The second-order valence-corrected chi connectivity index (χ2v) is 4.25. The molecule has 0 heteroatoms. The predicted molar refractivity (Wildman–Crippen MR) is 63.2 cm³/mol. The van der Waals surface area contributed by atoms with E-state index in [1.54, 1.807) is 0 Å². The lowest BCUT2D eigenvalue weighted by atomic mass is 9.70. The standard InChI is InChI=1S/C14H21/c1-5-12(3)14(4,6-2)13-10-8-7-9-11-13/h6-12H,5H2,1-4H3. The van der Waals surface area contributed by atoms with Crippen LogP contribution in [0.25, 0.3) is 0 Å². The fourth-order valence-electron chi connectivity index (χ4n) is 1.96. The Morgan fingerprint density at radius 3 is 2.29 bits per heavy atom. The highest BCUT2D eigenvalue weighted by molar-refractivity contribution is 5.28. The quantitative estimate of drug-likeness (QED) is 0.665. The van der Waals surface area contributed by atoms with Crippen molar-refractivity contribution in [1.29, 1.82) is 0 Å². The Morgan fingerprint density at radius 1 is 1.29 bits per heavy atom. The minimum absolute atomic E-state index is 0.218. The summed E-state index contributed by atoms with van der Waals surface area (Å²) in [6.07, 6.45) is 3.55. The molecule has 0 nitrogen and oxygen atoms in total. The minimum atomic E-state index is 0.218. The van der Waals surface area contributed by atoms with Gasteiger partial charge in [-0.25, -0.2) is 0 Å². The Hall–Kier alpha value is -0.780. The Morgan fingerprint density at radius 2 is 1.86 bits per heavy atom. The summed E-state index contributed by atoms with van der Waals surface area (Å²) in [5, 5.41) is 0. The van der Waals surface area contributed by atoms with Gasteiger partial charge in [-0.3, -0.25) is 0 Å². The molecule has 2 unspecified atom stereocenters. The van der Waals surface area contributed by atoms with Gasteiger partial charge < -0.3 is 0 Å². The maximum absolute atomic E-state index is 2.33. The van der Waals surface area contributed by atoms with Gasteiger partial charge in [-0.2, -0.15) is 0 Å². The van der Waals surface area contributed by atoms with Crippen LogP contribution in [0.4, 0.5) is 0 Å². The van der Waals surface area contributed by atoms with Crippen LogP contribution in [0.5, 0.6) is 0 Å². The van der Waals surface area contributed by atoms with Gasteiger partial charge in [0.2, 0.25) is 0 Å². The highest BCUT2D eigenvalue weighted by Crippen LogP contribution is 2.36. The van der Waals surface area contributed by atoms with Crippen molar-refractivity contribution in [2.75, 3.05) is 0 Å². The van der Waals surface area contributed by atoms with Gasteiger partial charge in [-0.1, -0.05) is 64.4 Å². The third kappa shape index (κ3) is 2.00. The maximum atomic E-state index is 2.33. The van der Waals surface area contributed by atoms with E-state index < -0.39 is 0 Å². The first-order valence-electron chi connectivity index (χ1n) is 5.51. The van der Waals surface area contributed by atoms with Crippen LogP contribution in [-0.2, 0) is 5.41 Å². The monoisotopic (exact) mass is 189 g/mol. The van der Waals surface area contributed by atoms with Gasteiger partial charge in [0.25, 0.3) is 0 Å². The van der Waals surface area contributed by atoms with Crippen molar-refractivity contribution in [1.82, 2.24) is 0 Å². The third-order valence-corrected chi connectivity index (χ3v) is 3.63. The molecule has 0 spiro atoms. The normalized spacial score (nSPS) is 17.4. The highest BCUT2D eigenvalue weighted by atomic mass is 14.3. The van der Waals surface area contributed by atoms with Crippen LogP contribution in [0, 0.1) is 12.3 Å². The summed E-state index contributed by atoms with van der Waals surface area (Å²) < 4.78 is 0. The smallest absolute Gasteiger partial charge is 0.00213 e. The topological polar surface area (TPSA) is 0 Å². The third-order valence-electron chi connectivity index (χ3n) is 3.63. The first kappa shape index (κ1) is 11.3. The summed E-state index contributed by atoms with van der Waals surface area (Å²) in [5.74, 6) is 0.690. The van der Waals surface area contributed by atoms with E-state index in [9.17, 15) is 0 Å². The van der Waals surface area contributed by atoms with Gasteiger partial charge in [0, 0.05) is 0 Å². The van der Waals surface area contributed by atoms with E-state index in [4.69, 9.17) is 0 Å². The molecule has 1 aromatic rings. The lowest BCUT2D eigenvalue weighted by Crippen LogP contribution is -2.29. The molecule has 2 atom stereocenters. The van der Waals surface area contributed by atoms with Gasteiger partial charge in [0.1, 0.15) is 0 Å². The van der Waals surface area contributed by atoms with Crippen LogP contribution in [0.2, 0.25) is 0 Å². The lowest BCUT2D eigenvalue weighted by molar-refractivity contribution is 0.352. The van der Waals surface area contributed by atoms with Crippen molar-refractivity contribution in [3.05, 3.63) is 42.3 Å². The van der Waals surface area contributed by atoms with Gasteiger partial charge >= 0.3 is 0 Å². The summed E-state index contributed by atoms with van der Waals surface area (Å²) >= 11 is 0. The lowest BCUT2D eigenvalue weighted by Gasteiger charge is -2.34. The molecular weight excluding hydrogens is 168 g/mol. The molecule has 1 rings (SSSR count). The molecule has 14 heavy (non-hydrogen) atoms. The van der Waals surface area contributed by atoms with E-state index in [0.29, 0.717) is 5.92 Å². The van der Waals surface area contributed by atoms with Crippen LogP contribution in [0.15, 0.2) is 30.3 Å². The van der Waals surface area contributed by atoms with Gasteiger partial charge in [0.15, 0.2) is 0 Å². The molecule has 1 radical (unpaired) electrons. The molecule has 0 fully saturated rings. The first-order valence-corrected chi connectivity index (χ1v) is 5.51. The Kier molecular flexibility index (Phi) is 3.74. The zero-order valence-electron chi connectivity index (χ0n) is 9.75. The first-order chi connectivity index (χ1) is 6.65. The molecule has 0 aliphatic rings.